The van der Waals surface area contributed by atoms with Gasteiger partial charge >= 0.3 is 0 Å². The molecule has 6 nitrogen and oxygen atoms in total. The fourth-order valence-electron chi connectivity index (χ4n) is 3.40. The number of anilines is 1. The summed E-state index contributed by atoms with van der Waals surface area (Å²) in [7, 11) is 0. The molecule has 0 saturated heterocycles. The van der Waals surface area contributed by atoms with Gasteiger partial charge in [0, 0.05) is 24.4 Å². The largest absolute Gasteiger partial charge is 0.368 e. The lowest BCUT2D eigenvalue weighted by Gasteiger charge is -2.28. The van der Waals surface area contributed by atoms with Crippen LogP contribution >= 0.6 is 11.6 Å². The van der Waals surface area contributed by atoms with Gasteiger partial charge in [-0.15, -0.1) is 0 Å². The number of carbonyl (C=O) groups is 1. The third-order valence-electron chi connectivity index (χ3n) is 4.56. The van der Waals surface area contributed by atoms with Crippen LogP contribution in [0.2, 0.25) is 5.02 Å². The molecule has 1 amide bonds. The number of nitrogens with zero attached hydrogens (tertiary/aromatic N) is 3. The number of aryl methyl sites for hydroxylation is 1. The van der Waals surface area contributed by atoms with Gasteiger partial charge < -0.3 is 11.1 Å². The molecule has 0 bridgehead atoms. The summed E-state index contributed by atoms with van der Waals surface area (Å²) in [5, 5.41) is 3.40. The summed E-state index contributed by atoms with van der Waals surface area (Å²) in [4.78, 5) is 25.0. The molecule has 8 heteroatoms. The second kappa shape index (κ2) is 6.59. The van der Waals surface area contributed by atoms with E-state index in [1.54, 1.807) is 31.5 Å². The second-order valence-electron chi connectivity index (χ2n) is 6.31. The van der Waals surface area contributed by atoms with E-state index in [4.69, 9.17) is 17.3 Å². The average Bonchev–Trinajstić information content (AvgIpc) is 2.61. The Balaban J connectivity index is 1.83. The zero-order valence-corrected chi connectivity index (χ0v) is 15.1. The van der Waals surface area contributed by atoms with Crippen LogP contribution < -0.4 is 11.1 Å². The number of carbonyl (C=O) groups excluding carboxylic acids is 1. The highest BCUT2D eigenvalue weighted by atomic mass is 35.5. The molecule has 1 aliphatic rings. The summed E-state index contributed by atoms with van der Waals surface area (Å²) in [5.74, 6) is -0.570. The molecular weight excluding hydrogens is 369 g/mol. The van der Waals surface area contributed by atoms with Crippen molar-refractivity contribution in [3.63, 3.8) is 0 Å². The van der Waals surface area contributed by atoms with Crippen LogP contribution in [0.5, 0.6) is 0 Å². The second-order valence-corrected chi connectivity index (χ2v) is 6.71. The van der Waals surface area contributed by atoms with Gasteiger partial charge in [-0.05, 0) is 36.2 Å². The number of halogens is 2. The van der Waals surface area contributed by atoms with E-state index in [0.29, 0.717) is 39.5 Å². The molecule has 2 aromatic heterocycles. The zero-order valence-electron chi connectivity index (χ0n) is 14.3. The lowest BCUT2D eigenvalue weighted by molar-refractivity contribution is 0.0922. The maximum Gasteiger partial charge on any atom is 0.255 e. The maximum absolute atomic E-state index is 14.0. The molecule has 0 saturated carbocycles. The van der Waals surface area contributed by atoms with E-state index < -0.39 is 11.9 Å². The van der Waals surface area contributed by atoms with E-state index in [1.165, 1.54) is 12.1 Å². The Labute approximate surface area is 159 Å². The normalized spacial score (nSPS) is 16.0. The first-order valence-electron chi connectivity index (χ1n) is 8.27. The van der Waals surface area contributed by atoms with Gasteiger partial charge in [-0.2, -0.15) is 0 Å². The van der Waals surface area contributed by atoms with Gasteiger partial charge in [0.2, 0.25) is 5.95 Å². The van der Waals surface area contributed by atoms with E-state index >= 15 is 0 Å². The standard InChI is InChI=1S/C19H15ClFN5O/c1-9-17-16(26-19(22)24-9)7-15(25-18(17)27)11-3-2-10(21)6-12(11)13-8-23-5-4-14(13)20/h2-6,8,15H,7H2,1H3,(H,25,27)(H2,22,24,26). The quantitative estimate of drug-likeness (QED) is 0.708. The van der Waals surface area contributed by atoms with Crippen molar-refractivity contribution in [1.29, 1.82) is 0 Å². The highest BCUT2D eigenvalue weighted by Gasteiger charge is 2.30. The Morgan fingerprint density at radius 2 is 2.07 bits per heavy atom. The number of rotatable bonds is 2. The maximum atomic E-state index is 14.0. The number of hydrogen-bond donors (Lipinski definition) is 2. The van der Waals surface area contributed by atoms with E-state index in [1.807, 2.05) is 0 Å². The highest BCUT2D eigenvalue weighted by Crippen LogP contribution is 2.36. The monoisotopic (exact) mass is 383 g/mol. The van der Waals surface area contributed by atoms with Gasteiger partial charge in [0.25, 0.3) is 5.91 Å². The molecule has 0 spiro atoms. The minimum atomic E-state index is -0.412. The molecular formula is C19H15ClFN5O. The van der Waals surface area contributed by atoms with Gasteiger partial charge in [0.1, 0.15) is 5.82 Å². The molecule has 4 rings (SSSR count). The molecule has 1 unspecified atom stereocenters. The van der Waals surface area contributed by atoms with Crippen molar-refractivity contribution in [3.8, 4) is 11.1 Å². The van der Waals surface area contributed by atoms with Crippen molar-refractivity contribution in [2.75, 3.05) is 5.73 Å². The van der Waals surface area contributed by atoms with Crippen LogP contribution in [0.25, 0.3) is 11.1 Å². The first-order chi connectivity index (χ1) is 12.9. The molecule has 3 heterocycles. The molecule has 27 heavy (non-hydrogen) atoms. The fourth-order valence-corrected chi connectivity index (χ4v) is 3.61. The van der Waals surface area contributed by atoms with Crippen LogP contribution in [0.3, 0.4) is 0 Å². The number of pyridine rings is 1. The van der Waals surface area contributed by atoms with Crippen molar-refractivity contribution in [2.45, 2.75) is 19.4 Å². The van der Waals surface area contributed by atoms with Crippen LogP contribution in [-0.4, -0.2) is 20.9 Å². The Bertz CT molecular complexity index is 1070. The Kier molecular flexibility index (Phi) is 4.24. The molecule has 0 aliphatic carbocycles. The molecule has 3 N–H and O–H groups in total. The summed E-state index contributed by atoms with van der Waals surface area (Å²) >= 11 is 6.29. The van der Waals surface area contributed by atoms with Gasteiger partial charge in [-0.3, -0.25) is 9.78 Å². The van der Waals surface area contributed by atoms with E-state index in [-0.39, 0.29) is 11.9 Å². The van der Waals surface area contributed by atoms with Gasteiger partial charge in [0.05, 0.1) is 28.0 Å². The van der Waals surface area contributed by atoms with E-state index in [9.17, 15) is 9.18 Å². The Morgan fingerprint density at radius 1 is 1.26 bits per heavy atom. The lowest BCUT2D eigenvalue weighted by atomic mass is 9.89. The predicted octanol–water partition coefficient (Wildman–Crippen LogP) is 3.25. The number of nitrogens with two attached hydrogens (primary N) is 1. The summed E-state index contributed by atoms with van der Waals surface area (Å²) in [6.07, 6.45) is 3.54. The van der Waals surface area contributed by atoms with E-state index in [0.717, 1.165) is 5.56 Å². The topological polar surface area (TPSA) is 93.8 Å². The van der Waals surface area contributed by atoms with E-state index in [2.05, 4.69) is 20.3 Å². The molecule has 1 aromatic carbocycles. The smallest absolute Gasteiger partial charge is 0.255 e. The van der Waals surface area contributed by atoms with Crippen LogP contribution in [0.1, 0.15) is 33.4 Å². The third-order valence-corrected chi connectivity index (χ3v) is 4.89. The third kappa shape index (κ3) is 3.10. The minimum Gasteiger partial charge on any atom is -0.368 e. The molecule has 1 atom stereocenters. The summed E-state index contributed by atoms with van der Waals surface area (Å²) in [6.45, 7) is 1.72. The van der Waals surface area contributed by atoms with Gasteiger partial charge in [-0.25, -0.2) is 14.4 Å². The number of amides is 1. The average molecular weight is 384 g/mol. The number of aromatic nitrogens is 3. The Hall–Kier alpha value is -3.06. The van der Waals surface area contributed by atoms with Crippen molar-refractivity contribution < 1.29 is 9.18 Å². The van der Waals surface area contributed by atoms with Crippen LogP contribution in [0, 0.1) is 12.7 Å². The number of nitrogens with one attached hydrogen (secondary N) is 1. The first-order valence-corrected chi connectivity index (χ1v) is 8.65. The zero-order chi connectivity index (χ0) is 19.1. The molecule has 1 aliphatic heterocycles. The number of fused-ring (bicyclic) bond motifs is 1. The summed E-state index contributed by atoms with van der Waals surface area (Å²) in [5.41, 5.74) is 9.16. The number of hydrogen-bond acceptors (Lipinski definition) is 5. The number of nitrogen functional groups attached to an aromatic ring is 1. The van der Waals surface area contributed by atoms with Gasteiger partial charge in [-0.1, -0.05) is 17.7 Å². The van der Waals surface area contributed by atoms with Crippen LogP contribution in [-0.2, 0) is 6.42 Å². The molecule has 3 aromatic rings. The van der Waals surface area contributed by atoms with Crippen LogP contribution in [0.15, 0.2) is 36.7 Å². The highest BCUT2D eigenvalue weighted by molar-refractivity contribution is 6.33. The summed E-state index contributed by atoms with van der Waals surface area (Å²) < 4.78 is 14.0. The molecule has 0 fully saturated rings. The first kappa shape index (κ1) is 17.4. The van der Waals surface area contributed by atoms with Crippen molar-refractivity contribution in [1.82, 2.24) is 20.3 Å². The van der Waals surface area contributed by atoms with Crippen molar-refractivity contribution >= 4 is 23.5 Å². The Morgan fingerprint density at radius 3 is 2.85 bits per heavy atom. The minimum absolute atomic E-state index is 0.120. The van der Waals surface area contributed by atoms with Crippen LogP contribution in [0.4, 0.5) is 10.3 Å². The number of benzene rings is 1. The molecule has 0 radical (unpaired) electrons. The predicted molar refractivity (Wildman–Crippen MR) is 99.7 cm³/mol. The SMILES string of the molecule is Cc1nc(N)nc2c1C(=O)NC(c1ccc(F)cc1-c1cnccc1Cl)C2. The fraction of sp³-hybridized carbons (Fsp3) is 0.158. The van der Waals surface area contributed by atoms with Gasteiger partial charge in [0.15, 0.2) is 0 Å². The van der Waals surface area contributed by atoms with Crippen molar-refractivity contribution in [2.24, 2.45) is 0 Å². The molecule has 136 valence electrons. The lowest BCUT2D eigenvalue weighted by Crippen LogP contribution is -2.37. The van der Waals surface area contributed by atoms with Crippen molar-refractivity contribution in [3.05, 3.63) is 70.0 Å². The summed E-state index contributed by atoms with van der Waals surface area (Å²) in [6, 6.07) is 5.61.